The standard InChI is InChI=1S/C26H24FNO5/c1-30-25-12-21(22(27)13-28-25)18-4-3-5-20-19(18)8-9-23(20)33-16-6-7-17-15(10-26(29)31-2)14-32-24(17)11-16/h3-7,11-13,15,23H,8-10,14H2,1-2H3/t15?,23-/m1/s1. The summed E-state index contributed by atoms with van der Waals surface area (Å²) >= 11 is 0. The second-order valence-corrected chi connectivity index (χ2v) is 8.21. The molecule has 0 saturated heterocycles. The molecule has 33 heavy (non-hydrogen) atoms. The summed E-state index contributed by atoms with van der Waals surface area (Å²) in [4.78, 5) is 15.6. The van der Waals surface area contributed by atoms with Crippen molar-refractivity contribution in [3.8, 4) is 28.5 Å². The highest BCUT2D eigenvalue weighted by Gasteiger charge is 2.30. The highest BCUT2D eigenvalue weighted by Crippen LogP contribution is 2.43. The molecule has 0 N–H and O–H groups in total. The van der Waals surface area contributed by atoms with Gasteiger partial charge in [0, 0.05) is 29.2 Å². The summed E-state index contributed by atoms with van der Waals surface area (Å²) < 4.78 is 36.7. The molecule has 0 radical (unpaired) electrons. The van der Waals surface area contributed by atoms with Crippen molar-refractivity contribution in [2.75, 3.05) is 20.8 Å². The Hall–Kier alpha value is -3.61. The predicted octanol–water partition coefficient (Wildman–Crippen LogP) is 5.00. The van der Waals surface area contributed by atoms with Crippen molar-refractivity contribution in [1.29, 1.82) is 0 Å². The van der Waals surface area contributed by atoms with Gasteiger partial charge in [-0.05, 0) is 35.6 Å². The lowest BCUT2D eigenvalue weighted by Gasteiger charge is -2.17. The number of carbonyl (C=O) groups excluding carboxylic acids is 1. The number of benzene rings is 2. The Labute approximate surface area is 191 Å². The number of nitrogens with zero attached hydrogens (tertiary/aromatic N) is 1. The van der Waals surface area contributed by atoms with Gasteiger partial charge in [0.2, 0.25) is 5.88 Å². The Morgan fingerprint density at radius 1 is 1.15 bits per heavy atom. The molecule has 0 fully saturated rings. The third-order valence-electron chi connectivity index (χ3n) is 6.33. The van der Waals surface area contributed by atoms with Gasteiger partial charge in [-0.1, -0.05) is 24.3 Å². The lowest BCUT2D eigenvalue weighted by Crippen LogP contribution is -2.09. The predicted molar refractivity (Wildman–Crippen MR) is 119 cm³/mol. The van der Waals surface area contributed by atoms with Gasteiger partial charge >= 0.3 is 5.97 Å². The molecule has 5 rings (SSSR count). The van der Waals surface area contributed by atoms with Crippen LogP contribution in [0.15, 0.2) is 48.7 Å². The van der Waals surface area contributed by atoms with Gasteiger partial charge < -0.3 is 18.9 Å². The van der Waals surface area contributed by atoms with Crippen LogP contribution in [0, 0.1) is 5.82 Å². The largest absolute Gasteiger partial charge is 0.492 e. The van der Waals surface area contributed by atoms with Gasteiger partial charge in [-0.25, -0.2) is 9.37 Å². The van der Waals surface area contributed by atoms with Crippen LogP contribution in [0.25, 0.3) is 11.1 Å². The summed E-state index contributed by atoms with van der Waals surface area (Å²) in [5, 5.41) is 0. The molecule has 1 aliphatic heterocycles. The van der Waals surface area contributed by atoms with Gasteiger partial charge in [0.05, 0.1) is 33.4 Å². The van der Waals surface area contributed by atoms with E-state index in [9.17, 15) is 9.18 Å². The maximum Gasteiger partial charge on any atom is 0.306 e. The van der Waals surface area contributed by atoms with Crippen LogP contribution in [0.4, 0.5) is 4.39 Å². The molecule has 2 atom stereocenters. The smallest absolute Gasteiger partial charge is 0.306 e. The first-order valence-corrected chi connectivity index (χ1v) is 10.9. The van der Waals surface area contributed by atoms with E-state index in [4.69, 9.17) is 18.9 Å². The fourth-order valence-corrected chi connectivity index (χ4v) is 4.68. The molecule has 6 nitrogen and oxygen atoms in total. The third-order valence-corrected chi connectivity index (χ3v) is 6.33. The molecule has 170 valence electrons. The third kappa shape index (κ3) is 3.99. The van der Waals surface area contributed by atoms with Gasteiger partial charge in [-0.15, -0.1) is 0 Å². The van der Waals surface area contributed by atoms with E-state index in [2.05, 4.69) is 4.98 Å². The molecule has 3 aromatic rings. The van der Waals surface area contributed by atoms with E-state index < -0.39 is 0 Å². The van der Waals surface area contributed by atoms with Gasteiger partial charge in [0.1, 0.15) is 23.4 Å². The summed E-state index contributed by atoms with van der Waals surface area (Å²) in [7, 11) is 2.90. The van der Waals surface area contributed by atoms with Crippen molar-refractivity contribution in [3.05, 3.63) is 71.2 Å². The van der Waals surface area contributed by atoms with Crippen LogP contribution >= 0.6 is 0 Å². The van der Waals surface area contributed by atoms with Crippen molar-refractivity contribution in [2.24, 2.45) is 0 Å². The highest BCUT2D eigenvalue weighted by molar-refractivity contribution is 5.72. The van der Waals surface area contributed by atoms with Crippen molar-refractivity contribution in [1.82, 2.24) is 4.98 Å². The van der Waals surface area contributed by atoms with E-state index in [-0.39, 0.29) is 23.8 Å². The molecule has 0 spiro atoms. The number of carbonyl (C=O) groups is 1. The average Bonchev–Trinajstić information content (AvgIpc) is 3.43. The Morgan fingerprint density at radius 2 is 2.03 bits per heavy atom. The minimum atomic E-state index is -0.383. The van der Waals surface area contributed by atoms with Crippen molar-refractivity contribution in [3.63, 3.8) is 0 Å². The quantitative estimate of drug-likeness (QED) is 0.494. The van der Waals surface area contributed by atoms with Gasteiger partial charge in [0.15, 0.2) is 0 Å². The Kier molecular flexibility index (Phi) is 5.62. The van der Waals surface area contributed by atoms with Gasteiger partial charge in [0.25, 0.3) is 0 Å². The summed E-state index contributed by atoms with van der Waals surface area (Å²) in [5.41, 5.74) is 4.42. The Bertz CT molecular complexity index is 1210. The molecule has 1 aliphatic carbocycles. The number of esters is 1. The lowest BCUT2D eigenvalue weighted by molar-refractivity contribution is -0.141. The number of aromatic nitrogens is 1. The number of pyridine rings is 1. The fraction of sp³-hybridized carbons (Fsp3) is 0.308. The van der Waals surface area contributed by atoms with E-state index in [0.717, 1.165) is 40.8 Å². The molecule has 0 amide bonds. The van der Waals surface area contributed by atoms with Crippen molar-refractivity contribution >= 4 is 5.97 Å². The highest BCUT2D eigenvalue weighted by atomic mass is 19.1. The topological polar surface area (TPSA) is 66.9 Å². The second kappa shape index (κ2) is 8.73. The summed E-state index contributed by atoms with van der Waals surface area (Å²) in [6.07, 6.45) is 2.91. The summed E-state index contributed by atoms with van der Waals surface area (Å²) in [6, 6.07) is 13.2. The van der Waals surface area contributed by atoms with Gasteiger partial charge in [-0.2, -0.15) is 0 Å². The molecular formula is C26H24FNO5. The van der Waals surface area contributed by atoms with Crippen LogP contribution in [-0.4, -0.2) is 31.8 Å². The zero-order valence-electron chi connectivity index (χ0n) is 18.5. The van der Waals surface area contributed by atoms with Crippen molar-refractivity contribution < 1.29 is 28.1 Å². The average molecular weight is 449 g/mol. The summed E-state index contributed by atoms with van der Waals surface area (Å²) in [5.74, 6) is 1.16. The minimum Gasteiger partial charge on any atom is -0.492 e. The monoisotopic (exact) mass is 449 g/mol. The molecule has 2 heterocycles. The maximum atomic E-state index is 14.6. The fourth-order valence-electron chi connectivity index (χ4n) is 4.68. The van der Waals surface area contributed by atoms with Crippen molar-refractivity contribution in [2.45, 2.75) is 31.3 Å². The number of methoxy groups -OCH3 is 2. The zero-order valence-corrected chi connectivity index (χ0v) is 18.5. The number of halogens is 1. The van der Waals surface area contributed by atoms with Crippen LogP contribution < -0.4 is 14.2 Å². The molecular weight excluding hydrogens is 425 g/mol. The molecule has 0 saturated carbocycles. The SMILES string of the molecule is COC(=O)CC1COc2cc(O[C@@H]3CCc4c(-c5cc(OC)ncc5F)cccc43)ccc21. The normalized spacial score (nSPS) is 18.3. The first-order chi connectivity index (χ1) is 16.1. The van der Waals surface area contributed by atoms with Crippen LogP contribution in [0.5, 0.6) is 17.4 Å². The number of hydrogen-bond donors (Lipinski definition) is 0. The number of ether oxygens (including phenoxy) is 4. The number of rotatable bonds is 6. The molecule has 1 unspecified atom stereocenters. The van der Waals surface area contributed by atoms with E-state index >= 15 is 0 Å². The first kappa shape index (κ1) is 21.2. The number of hydrogen-bond acceptors (Lipinski definition) is 6. The van der Waals surface area contributed by atoms with Crippen LogP contribution in [0.1, 0.15) is 41.6 Å². The maximum absolute atomic E-state index is 14.6. The van der Waals surface area contributed by atoms with Crippen LogP contribution in [0.3, 0.4) is 0 Å². The molecule has 2 aliphatic rings. The Morgan fingerprint density at radius 3 is 2.85 bits per heavy atom. The van der Waals surface area contributed by atoms with E-state index in [1.54, 1.807) is 6.07 Å². The van der Waals surface area contributed by atoms with E-state index in [1.165, 1.54) is 20.4 Å². The van der Waals surface area contributed by atoms with Crippen LogP contribution in [0.2, 0.25) is 0 Å². The first-order valence-electron chi connectivity index (χ1n) is 10.9. The molecule has 7 heteroatoms. The zero-order chi connectivity index (χ0) is 22.9. The number of fused-ring (bicyclic) bond motifs is 2. The van der Waals surface area contributed by atoms with Crippen LogP contribution in [-0.2, 0) is 16.0 Å². The molecule has 2 aromatic carbocycles. The van der Waals surface area contributed by atoms with E-state index in [1.807, 2.05) is 36.4 Å². The lowest BCUT2D eigenvalue weighted by atomic mass is 9.97. The van der Waals surface area contributed by atoms with E-state index in [0.29, 0.717) is 30.2 Å². The molecule has 1 aromatic heterocycles. The second-order valence-electron chi connectivity index (χ2n) is 8.21. The minimum absolute atomic E-state index is 0.0106. The Balaban J connectivity index is 1.39. The van der Waals surface area contributed by atoms with Gasteiger partial charge in [-0.3, -0.25) is 4.79 Å². The summed E-state index contributed by atoms with van der Waals surface area (Å²) in [6.45, 7) is 0.449. The molecule has 0 bridgehead atoms.